The van der Waals surface area contributed by atoms with E-state index < -0.39 is 0 Å². The molecule has 6 nitrogen and oxygen atoms in total. The van der Waals surface area contributed by atoms with E-state index >= 15 is 0 Å². The minimum Gasteiger partial charge on any atom is -0.369 e. The van der Waals surface area contributed by atoms with Gasteiger partial charge in [0.05, 0.1) is 12.5 Å². The van der Waals surface area contributed by atoms with Gasteiger partial charge < -0.3 is 16.0 Å². The van der Waals surface area contributed by atoms with Gasteiger partial charge >= 0.3 is 0 Å². The van der Waals surface area contributed by atoms with E-state index in [1.165, 1.54) is 24.0 Å². The summed E-state index contributed by atoms with van der Waals surface area (Å²) in [5.41, 5.74) is 8.02. The van der Waals surface area contributed by atoms with Crippen LogP contribution in [0.5, 0.6) is 0 Å². The molecule has 0 saturated carbocycles. The zero-order chi connectivity index (χ0) is 20.6. The van der Waals surface area contributed by atoms with Crippen molar-refractivity contribution in [1.29, 1.82) is 0 Å². The van der Waals surface area contributed by atoms with E-state index in [-0.39, 0.29) is 11.8 Å². The Balaban J connectivity index is 1.62. The van der Waals surface area contributed by atoms with Crippen LogP contribution in [0.15, 0.2) is 29.3 Å². The average molecular weight is 400 g/mol. The first-order chi connectivity index (χ1) is 14.0. The molecule has 1 aromatic carbocycles. The number of guanidine groups is 1. The molecule has 3 N–H and O–H groups in total. The molecule has 2 unspecified atom stereocenters. The minimum absolute atomic E-state index is 0.00820. The molecule has 29 heavy (non-hydrogen) atoms. The van der Waals surface area contributed by atoms with Crippen LogP contribution >= 0.6 is 0 Å². The summed E-state index contributed by atoms with van der Waals surface area (Å²) in [6.07, 6.45) is 4.51. The maximum absolute atomic E-state index is 11.5. The number of hydrogen-bond donors (Lipinski definition) is 2. The lowest BCUT2D eigenvalue weighted by Crippen LogP contribution is -2.46. The molecule has 1 amide bonds. The van der Waals surface area contributed by atoms with Gasteiger partial charge in [-0.3, -0.25) is 9.69 Å². The molecule has 0 bridgehead atoms. The zero-order valence-corrected chi connectivity index (χ0v) is 18.1. The molecule has 0 radical (unpaired) electrons. The van der Waals surface area contributed by atoms with E-state index in [0.29, 0.717) is 6.54 Å². The lowest BCUT2D eigenvalue weighted by atomic mass is 9.97. The number of benzene rings is 1. The van der Waals surface area contributed by atoms with E-state index in [0.717, 1.165) is 64.0 Å². The Kier molecular flexibility index (Phi) is 7.92. The molecule has 0 spiro atoms. The molecule has 2 heterocycles. The van der Waals surface area contributed by atoms with E-state index in [1.54, 1.807) is 0 Å². The van der Waals surface area contributed by atoms with Crippen LogP contribution in [0.4, 0.5) is 0 Å². The normalized spacial score (nSPS) is 23.8. The van der Waals surface area contributed by atoms with Crippen LogP contribution in [0.3, 0.4) is 0 Å². The summed E-state index contributed by atoms with van der Waals surface area (Å²) in [5, 5.41) is 3.46. The zero-order valence-electron chi connectivity index (χ0n) is 18.1. The monoisotopic (exact) mass is 399 g/mol. The van der Waals surface area contributed by atoms with Crippen LogP contribution < -0.4 is 11.1 Å². The summed E-state index contributed by atoms with van der Waals surface area (Å²) in [6.45, 7) is 10.9. The Hall–Kier alpha value is -2.08. The quantitative estimate of drug-likeness (QED) is 0.570. The predicted molar refractivity (Wildman–Crippen MR) is 118 cm³/mol. The Morgan fingerprint density at radius 2 is 2.00 bits per heavy atom. The Morgan fingerprint density at radius 3 is 2.76 bits per heavy atom. The van der Waals surface area contributed by atoms with Gasteiger partial charge in [0, 0.05) is 32.7 Å². The van der Waals surface area contributed by atoms with E-state index in [1.807, 2.05) is 0 Å². The molecule has 2 atom stereocenters. The van der Waals surface area contributed by atoms with Gasteiger partial charge in [-0.05, 0) is 56.2 Å². The number of carbonyl (C=O) groups is 1. The SMILES string of the molecule is CCNC(=NCc1cccc(CN2CCCC(C(N)=O)C2)c1)N1CCCC(C)C1. The Morgan fingerprint density at radius 1 is 1.21 bits per heavy atom. The first kappa shape index (κ1) is 21.6. The van der Waals surface area contributed by atoms with Gasteiger partial charge in [-0.2, -0.15) is 0 Å². The molecule has 6 heteroatoms. The van der Waals surface area contributed by atoms with Crippen molar-refractivity contribution in [3.05, 3.63) is 35.4 Å². The number of amides is 1. The molecule has 0 aliphatic carbocycles. The number of piperidine rings is 2. The number of carbonyl (C=O) groups excluding carboxylic acids is 1. The standard InChI is InChI=1S/C23H37N5O/c1-3-25-23(28-12-5-7-18(2)15-28)26-14-19-8-4-9-20(13-19)16-27-11-6-10-21(17-27)22(24)29/h4,8-9,13,18,21H,3,5-7,10-12,14-17H2,1-2H3,(H2,24,29)(H,25,26). The van der Waals surface area contributed by atoms with Gasteiger partial charge in [-0.1, -0.05) is 31.2 Å². The molecule has 160 valence electrons. The molecule has 2 aliphatic heterocycles. The topological polar surface area (TPSA) is 74.0 Å². The fourth-order valence-electron chi connectivity index (χ4n) is 4.49. The number of rotatable bonds is 6. The fourth-order valence-corrected chi connectivity index (χ4v) is 4.49. The van der Waals surface area contributed by atoms with Crippen molar-refractivity contribution in [3.8, 4) is 0 Å². The van der Waals surface area contributed by atoms with Crippen molar-refractivity contribution in [2.75, 3.05) is 32.7 Å². The highest BCUT2D eigenvalue weighted by Crippen LogP contribution is 2.19. The van der Waals surface area contributed by atoms with Crippen molar-refractivity contribution in [1.82, 2.24) is 15.1 Å². The van der Waals surface area contributed by atoms with Gasteiger partial charge in [0.2, 0.25) is 5.91 Å². The fraction of sp³-hybridized carbons (Fsp3) is 0.652. The third-order valence-corrected chi connectivity index (χ3v) is 6.01. The third-order valence-electron chi connectivity index (χ3n) is 6.01. The smallest absolute Gasteiger partial charge is 0.221 e. The lowest BCUT2D eigenvalue weighted by Gasteiger charge is -2.33. The van der Waals surface area contributed by atoms with Gasteiger partial charge in [-0.15, -0.1) is 0 Å². The number of aliphatic imine (C=N–C) groups is 1. The number of nitrogens with zero attached hydrogens (tertiary/aromatic N) is 3. The van der Waals surface area contributed by atoms with Crippen molar-refractivity contribution >= 4 is 11.9 Å². The van der Waals surface area contributed by atoms with E-state index in [9.17, 15) is 4.79 Å². The highest BCUT2D eigenvalue weighted by molar-refractivity contribution is 5.80. The molecule has 2 fully saturated rings. The summed E-state index contributed by atoms with van der Waals surface area (Å²) in [4.78, 5) is 21.2. The Bertz CT molecular complexity index is 704. The number of likely N-dealkylation sites (tertiary alicyclic amines) is 2. The second-order valence-electron chi connectivity index (χ2n) is 8.66. The molecule has 2 saturated heterocycles. The lowest BCUT2D eigenvalue weighted by molar-refractivity contribution is -0.123. The van der Waals surface area contributed by atoms with Crippen LogP contribution in [0.2, 0.25) is 0 Å². The van der Waals surface area contributed by atoms with Gasteiger partial charge in [0.1, 0.15) is 0 Å². The van der Waals surface area contributed by atoms with Crippen LogP contribution in [0.1, 0.15) is 50.7 Å². The van der Waals surface area contributed by atoms with Crippen LogP contribution in [0, 0.1) is 11.8 Å². The van der Waals surface area contributed by atoms with Crippen molar-refractivity contribution in [2.45, 2.75) is 52.6 Å². The minimum atomic E-state index is -0.166. The molecule has 3 rings (SSSR count). The number of primary amides is 1. The summed E-state index contributed by atoms with van der Waals surface area (Å²) in [7, 11) is 0. The predicted octanol–water partition coefficient (Wildman–Crippen LogP) is 2.58. The van der Waals surface area contributed by atoms with Crippen molar-refractivity contribution in [3.63, 3.8) is 0 Å². The second kappa shape index (κ2) is 10.6. The Labute approximate surface area is 175 Å². The molecule has 2 aliphatic rings. The average Bonchev–Trinajstić information content (AvgIpc) is 2.71. The summed E-state index contributed by atoms with van der Waals surface area (Å²) in [6, 6.07) is 8.68. The molecular formula is C23H37N5O. The molecular weight excluding hydrogens is 362 g/mol. The molecule has 0 aromatic heterocycles. The van der Waals surface area contributed by atoms with Crippen LogP contribution in [0.25, 0.3) is 0 Å². The number of nitrogens with two attached hydrogens (primary N) is 1. The first-order valence-corrected chi connectivity index (χ1v) is 11.2. The van der Waals surface area contributed by atoms with Crippen LogP contribution in [-0.2, 0) is 17.9 Å². The summed E-state index contributed by atoms with van der Waals surface area (Å²) >= 11 is 0. The van der Waals surface area contributed by atoms with Crippen LogP contribution in [-0.4, -0.2) is 54.4 Å². The maximum atomic E-state index is 11.5. The van der Waals surface area contributed by atoms with Crippen molar-refractivity contribution in [2.24, 2.45) is 22.6 Å². The summed E-state index contributed by atoms with van der Waals surface area (Å²) in [5.74, 6) is 1.58. The van der Waals surface area contributed by atoms with Crippen molar-refractivity contribution < 1.29 is 4.79 Å². The summed E-state index contributed by atoms with van der Waals surface area (Å²) < 4.78 is 0. The molecule has 1 aromatic rings. The largest absolute Gasteiger partial charge is 0.369 e. The van der Waals surface area contributed by atoms with E-state index in [2.05, 4.69) is 53.2 Å². The van der Waals surface area contributed by atoms with Gasteiger partial charge in [-0.25, -0.2) is 4.99 Å². The van der Waals surface area contributed by atoms with Gasteiger partial charge in [0.25, 0.3) is 0 Å². The van der Waals surface area contributed by atoms with Gasteiger partial charge in [0.15, 0.2) is 5.96 Å². The highest BCUT2D eigenvalue weighted by atomic mass is 16.1. The maximum Gasteiger partial charge on any atom is 0.221 e. The highest BCUT2D eigenvalue weighted by Gasteiger charge is 2.24. The first-order valence-electron chi connectivity index (χ1n) is 11.2. The second-order valence-corrected chi connectivity index (χ2v) is 8.66. The third kappa shape index (κ3) is 6.46. The number of hydrogen-bond acceptors (Lipinski definition) is 3. The van der Waals surface area contributed by atoms with E-state index in [4.69, 9.17) is 10.7 Å². The number of nitrogens with one attached hydrogen (secondary N) is 1.